The maximum Gasteiger partial charge on any atom is 0.339 e. The molecule has 108 valence electrons. The first-order valence-electron chi connectivity index (χ1n) is 5.74. The number of carbonyl (C=O) groups is 1. The van der Waals surface area contributed by atoms with E-state index in [1.807, 2.05) is 0 Å². The number of carboxylic acids is 1. The van der Waals surface area contributed by atoms with E-state index in [9.17, 15) is 28.9 Å². The van der Waals surface area contributed by atoms with Crippen LogP contribution in [-0.2, 0) is 4.79 Å². The first kappa shape index (κ1) is 14.6. The second-order valence-electron chi connectivity index (χ2n) is 4.70. The van der Waals surface area contributed by atoms with Crippen molar-refractivity contribution in [3.63, 3.8) is 0 Å². The fourth-order valence-electron chi connectivity index (χ4n) is 2.16. The zero-order valence-corrected chi connectivity index (χ0v) is 10.1. The van der Waals surface area contributed by atoms with Crippen molar-refractivity contribution in [2.45, 2.75) is 24.2 Å². The maximum absolute atomic E-state index is 13.2. The molecule has 0 saturated carbocycles. The van der Waals surface area contributed by atoms with E-state index in [0.29, 0.717) is 6.07 Å². The fraction of sp³-hybridized carbons (Fsp3) is 0.308. The van der Waals surface area contributed by atoms with Gasteiger partial charge >= 0.3 is 5.97 Å². The van der Waals surface area contributed by atoms with Crippen LogP contribution in [0.1, 0.15) is 12.0 Å². The molecule has 0 amide bonds. The van der Waals surface area contributed by atoms with Crippen LogP contribution in [-0.4, -0.2) is 44.2 Å². The molecule has 0 unspecified atom stereocenters. The van der Waals surface area contributed by atoms with E-state index in [-0.39, 0.29) is 11.1 Å². The van der Waals surface area contributed by atoms with Crippen molar-refractivity contribution < 1.29 is 34.0 Å². The topological polar surface area (TPSA) is 98.0 Å². The molecular formula is C13H12F2O5. The highest BCUT2D eigenvalue weighted by molar-refractivity contribution is 5.85. The number of aliphatic carboxylic acids is 1. The minimum absolute atomic E-state index is 0.145. The van der Waals surface area contributed by atoms with E-state index in [0.717, 1.165) is 18.2 Å². The molecule has 0 radical (unpaired) electrons. The van der Waals surface area contributed by atoms with E-state index >= 15 is 0 Å². The van der Waals surface area contributed by atoms with Crippen LogP contribution in [0, 0.1) is 11.6 Å². The predicted octanol–water partition coefficient (Wildman–Crippen LogP) is 0.289. The van der Waals surface area contributed by atoms with E-state index in [1.54, 1.807) is 0 Å². The number of aliphatic hydroxyl groups excluding tert-OH is 2. The van der Waals surface area contributed by atoms with Gasteiger partial charge < -0.3 is 20.4 Å². The summed E-state index contributed by atoms with van der Waals surface area (Å²) in [6.07, 6.45) is -2.94. The van der Waals surface area contributed by atoms with Crippen LogP contribution in [0.2, 0.25) is 0 Å². The Morgan fingerprint density at radius 3 is 2.25 bits per heavy atom. The second kappa shape index (κ2) is 4.93. The van der Waals surface area contributed by atoms with Crippen molar-refractivity contribution in [2.75, 3.05) is 0 Å². The van der Waals surface area contributed by atoms with Crippen molar-refractivity contribution in [1.29, 1.82) is 0 Å². The third-order valence-corrected chi connectivity index (χ3v) is 3.16. The van der Waals surface area contributed by atoms with Gasteiger partial charge in [-0.2, -0.15) is 0 Å². The van der Waals surface area contributed by atoms with E-state index in [2.05, 4.69) is 0 Å². The van der Waals surface area contributed by atoms with Gasteiger partial charge in [0.05, 0.1) is 6.10 Å². The molecule has 0 fully saturated rings. The van der Waals surface area contributed by atoms with Gasteiger partial charge in [0.1, 0.15) is 17.7 Å². The van der Waals surface area contributed by atoms with E-state index < -0.39 is 41.8 Å². The predicted molar refractivity (Wildman–Crippen MR) is 63.6 cm³/mol. The molecule has 1 aliphatic rings. The van der Waals surface area contributed by atoms with Gasteiger partial charge in [-0.05, 0) is 29.3 Å². The van der Waals surface area contributed by atoms with Gasteiger partial charge in [-0.15, -0.1) is 0 Å². The summed E-state index contributed by atoms with van der Waals surface area (Å²) >= 11 is 0. The zero-order valence-electron chi connectivity index (χ0n) is 10.1. The molecular weight excluding hydrogens is 274 g/mol. The van der Waals surface area contributed by atoms with Crippen LogP contribution in [0.15, 0.2) is 24.3 Å². The van der Waals surface area contributed by atoms with E-state index in [1.165, 1.54) is 0 Å². The van der Waals surface area contributed by atoms with Gasteiger partial charge in [-0.25, -0.2) is 13.6 Å². The number of hydrogen-bond acceptors (Lipinski definition) is 4. The van der Waals surface area contributed by atoms with Gasteiger partial charge in [0.25, 0.3) is 0 Å². The summed E-state index contributed by atoms with van der Waals surface area (Å²) in [6, 6.07) is 2.36. The highest BCUT2D eigenvalue weighted by Crippen LogP contribution is 2.34. The number of halogens is 2. The molecule has 0 spiro atoms. The lowest BCUT2D eigenvalue weighted by molar-refractivity contribution is -0.157. The third kappa shape index (κ3) is 2.55. The quantitative estimate of drug-likeness (QED) is 0.626. The largest absolute Gasteiger partial charge is 0.479 e. The average Bonchev–Trinajstić information content (AvgIpc) is 2.32. The Bertz CT molecular complexity index is 566. The van der Waals surface area contributed by atoms with Crippen molar-refractivity contribution in [3.8, 4) is 0 Å². The Morgan fingerprint density at radius 2 is 1.75 bits per heavy atom. The first-order valence-corrected chi connectivity index (χ1v) is 5.74. The Balaban J connectivity index is 2.56. The van der Waals surface area contributed by atoms with Gasteiger partial charge in [-0.1, -0.05) is 0 Å². The molecule has 3 atom stereocenters. The summed E-state index contributed by atoms with van der Waals surface area (Å²) in [5.74, 6) is -3.48. The fourth-order valence-corrected chi connectivity index (χ4v) is 2.16. The van der Waals surface area contributed by atoms with Crippen LogP contribution >= 0.6 is 0 Å². The molecule has 1 aromatic rings. The summed E-state index contributed by atoms with van der Waals surface area (Å²) in [7, 11) is 0. The van der Waals surface area contributed by atoms with E-state index in [4.69, 9.17) is 5.11 Å². The SMILES string of the molecule is O=C(O)[C@]1(O)C=C(c2cc(F)cc(F)c2)[C@@H](O)[C@H](O)C1. The van der Waals surface area contributed by atoms with Crippen LogP contribution in [0.4, 0.5) is 8.78 Å². The Morgan fingerprint density at radius 1 is 1.20 bits per heavy atom. The number of aliphatic hydroxyl groups is 3. The molecule has 1 aliphatic carbocycles. The molecule has 0 heterocycles. The lowest BCUT2D eigenvalue weighted by Crippen LogP contribution is -2.47. The third-order valence-electron chi connectivity index (χ3n) is 3.16. The smallest absolute Gasteiger partial charge is 0.339 e. The molecule has 1 aromatic carbocycles. The number of hydrogen-bond donors (Lipinski definition) is 4. The molecule has 0 aliphatic heterocycles. The lowest BCUT2D eigenvalue weighted by Gasteiger charge is -2.33. The highest BCUT2D eigenvalue weighted by Gasteiger charge is 2.44. The maximum atomic E-state index is 13.2. The Labute approximate surface area is 112 Å². The summed E-state index contributed by atoms with van der Waals surface area (Å²) < 4.78 is 26.3. The number of carboxylic acid groups (broad SMARTS) is 1. The monoisotopic (exact) mass is 286 g/mol. The first-order chi connectivity index (χ1) is 9.23. The normalized spacial score (nSPS) is 29.9. The van der Waals surface area contributed by atoms with Crippen LogP contribution in [0.25, 0.3) is 5.57 Å². The molecule has 0 saturated heterocycles. The molecule has 0 aromatic heterocycles. The van der Waals surface area contributed by atoms with Crippen molar-refractivity contribution in [3.05, 3.63) is 41.5 Å². The molecule has 20 heavy (non-hydrogen) atoms. The van der Waals surface area contributed by atoms with Gasteiger partial charge in [0, 0.05) is 12.5 Å². The lowest BCUT2D eigenvalue weighted by atomic mass is 9.80. The van der Waals surface area contributed by atoms with Gasteiger partial charge in [0.2, 0.25) is 0 Å². The van der Waals surface area contributed by atoms with Crippen molar-refractivity contribution in [2.24, 2.45) is 0 Å². The standard InChI is InChI=1S/C13H12F2O5/c14-7-1-6(2-8(15)3-7)9-4-13(20,12(18)19)5-10(16)11(9)17/h1-4,10-11,16-17,20H,5H2,(H,18,19)/t10-,11-,13+/m1/s1. The summed E-state index contributed by atoms with van der Waals surface area (Å²) in [5.41, 5.74) is -2.79. The van der Waals surface area contributed by atoms with Crippen molar-refractivity contribution in [1.82, 2.24) is 0 Å². The van der Waals surface area contributed by atoms with Crippen LogP contribution in [0.3, 0.4) is 0 Å². The number of rotatable bonds is 2. The minimum atomic E-state index is -2.41. The van der Waals surface area contributed by atoms with Gasteiger partial charge in [-0.3, -0.25) is 0 Å². The molecule has 5 nitrogen and oxygen atoms in total. The van der Waals surface area contributed by atoms with Gasteiger partial charge in [0.15, 0.2) is 5.60 Å². The summed E-state index contributed by atoms with van der Waals surface area (Å²) in [6.45, 7) is 0. The van der Waals surface area contributed by atoms with Crippen LogP contribution < -0.4 is 0 Å². The average molecular weight is 286 g/mol. The zero-order chi connectivity index (χ0) is 15.1. The molecule has 7 heteroatoms. The van der Waals surface area contributed by atoms with Crippen LogP contribution in [0.5, 0.6) is 0 Å². The molecule has 2 rings (SSSR count). The Hall–Kier alpha value is -1.83. The highest BCUT2D eigenvalue weighted by atomic mass is 19.1. The van der Waals surface area contributed by atoms with Crippen molar-refractivity contribution >= 4 is 11.5 Å². The summed E-state index contributed by atoms with van der Waals surface area (Å²) in [5, 5.41) is 38.3. The number of benzene rings is 1. The molecule has 4 N–H and O–H groups in total. The minimum Gasteiger partial charge on any atom is -0.479 e. The molecule has 0 bridgehead atoms. The Kier molecular flexibility index (Phi) is 3.59. The second-order valence-corrected chi connectivity index (χ2v) is 4.70. The summed E-state index contributed by atoms with van der Waals surface area (Å²) in [4.78, 5) is 11.0.